The van der Waals surface area contributed by atoms with Crippen LogP contribution in [0.5, 0.6) is 0 Å². The molecule has 0 N–H and O–H groups in total. The van der Waals surface area contributed by atoms with Crippen LogP contribution in [0, 0.1) is 0 Å². The van der Waals surface area contributed by atoms with E-state index in [1.807, 2.05) is 0 Å². The first-order valence-corrected chi connectivity index (χ1v) is 14.2. The summed E-state index contributed by atoms with van der Waals surface area (Å²) in [6.07, 6.45) is 7.02. The van der Waals surface area contributed by atoms with Crippen LogP contribution in [0.4, 0.5) is 0 Å². The Morgan fingerprint density at radius 1 is 0.325 bits per heavy atom. The van der Waals surface area contributed by atoms with Gasteiger partial charge in [0.2, 0.25) is 0 Å². The molecule has 40 heavy (non-hydrogen) atoms. The summed E-state index contributed by atoms with van der Waals surface area (Å²) in [4.78, 5) is 0. The minimum atomic E-state index is 1.09. The van der Waals surface area contributed by atoms with Gasteiger partial charge in [-0.1, -0.05) is 146 Å². The summed E-state index contributed by atoms with van der Waals surface area (Å²) >= 11 is 0. The van der Waals surface area contributed by atoms with Gasteiger partial charge in [-0.25, -0.2) is 0 Å². The number of fused-ring (bicyclic) bond motifs is 4. The summed E-state index contributed by atoms with van der Waals surface area (Å²) in [7, 11) is 0. The quantitative estimate of drug-likeness (QED) is 0.209. The van der Waals surface area contributed by atoms with Crippen molar-refractivity contribution in [1.29, 1.82) is 0 Å². The lowest BCUT2D eigenvalue weighted by atomic mass is 9.82. The molecule has 0 heterocycles. The van der Waals surface area contributed by atoms with Gasteiger partial charge in [0.1, 0.15) is 0 Å². The highest BCUT2D eigenvalue weighted by molar-refractivity contribution is 6.22. The lowest BCUT2D eigenvalue weighted by Crippen LogP contribution is -2.28. The van der Waals surface area contributed by atoms with Gasteiger partial charge in [0, 0.05) is 0 Å². The average Bonchev–Trinajstić information content (AvgIpc) is 3.03. The third-order valence-electron chi connectivity index (χ3n) is 8.50. The smallest absolute Gasteiger partial charge is 0.00201 e. The van der Waals surface area contributed by atoms with Crippen LogP contribution in [-0.4, -0.2) is 0 Å². The van der Waals surface area contributed by atoms with E-state index in [0.717, 1.165) is 12.8 Å². The minimum Gasteiger partial charge on any atom is -0.0763 e. The normalized spacial score (nSPS) is 12.7. The van der Waals surface area contributed by atoms with E-state index in [9.17, 15) is 0 Å². The molecule has 0 atom stereocenters. The Labute approximate surface area is 234 Å². The molecule has 0 saturated carbocycles. The predicted octanol–water partition coefficient (Wildman–Crippen LogP) is 9.50. The number of rotatable bonds is 3. The molecule has 8 rings (SSSR count). The van der Waals surface area contributed by atoms with E-state index in [-0.39, 0.29) is 0 Å². The van der Waals surface area contributed by atoms with Crippen LogP contribution >= 0.6 is 0 Å². The average molecular weight is 509 g/mol. The fourth-order valence-electron chi connectivity index (χ4n) is 6.78. The largest absolute Gasteiger partial charge is 0.0763 e. The van der Waals surface area contributed by atoms with E-state index in [2.05, 4.69) is 146 Å². The molecule has 0 amide bonds. The Kier molecular flexibility index (Phi) is 5.38. The summed E-state index contributed by atoms with van der Waals surface area (Å²) < 4.78 is 0. The van der Waals surface area contributed by atoms with Gasteiger partial charge >= 0.3 is 0 Å². The van der Waals surface area contributed by atoms with E-state index in [4.69, 9.17) is 0 Å². The zero-order valence-corrected chi connectivity index (χ0v) is 22.3. The first-order valence-electron chi connectivity index (χ1n) is 14.2. The predicted molar refractivity (Wildman–Crippen MR) is 173 cm³/mol. The first-order chi connectivity index (χ1) is 19.9. The van der Waals surface area contributed by atoms with Crippen molar-refractivity contribution in [1.82, 2.24) is 0 Å². The van der Waals surface area contributed by atoms with E-state index in [1.54, 1.807) is 0 Å². The molecule has 0 fully saturated rings. The van der Waals surface area contributed by atoms with Crippen molar-refractivity contribution in [3.05, 3.63) is 144 Å². The zero-order valence-electron chi connectivity index (χ0n) is 22.3. The van der Waals surface area contributed by atoms with Gasteiger partial charge in [-0.2, -0.15) is 0 Å². The van der Waals surface area contributed by atoms with Gasteiger partial charge in [-0.15, -0.1) is 0 Å². The monoisotopic (exact) mass is 508 g/mol. The number of hydrogen-bond acceptors (Lipinski definition) is 0. The minimum absolute atomic E-state index is 1.09. The van der Waals surface area contributed by atoms with Crippen molar-refractivity contribution >= 4 is 44.5 Å². The Bertz CT molecular complexity index is 2150. The van der Waals surface area contributed by atoms with Crippen molar-refractivity contribution in [3.8, 4) is 33.4 Å². The highest BCUT2D eigenvalue weighted by atomic mass is 14.2. The molecule has 1 aliphatic rings. The van der Waals surface area contributed by atoms with Crippen molar-refractivity contribution < 1.29 is 0 Å². The number of benzene rings is 7. The first kappa shape index (κ1) is 23.0. The lowest BCUT2D eigenvalue weighted by Gasteiger charge is -2.20. The molecule has 0 spiro atoms. The van der Waals surface area contributed by atoms with Gasteiger partial charge in [-0.3, -0.25) is 0 Å². The third kappa shape index (κ3) is 3.53. The molecular weight excluding hydrogens is 480 g/mol. The Morgan fingerprint density at radius 3 is 1.52 bits per heavy atom. The molecule has 0 radical (unpaired) electrons. The molecule has 7 aromatic carbocycles. The van der Waals surface area contributed by atoms with Gasteiger partial charge in [0.25, 0.3) is 0 Å². The highest BCUT2D eigenvalue weighted by Crippen LogP contribution is 2.46. The Balaban J connectivity index is 1.52. The van der Waals surface area contributed by atoms with E-state index < -0.39 is 0 Å². The van der Waals surface area contributed by atoms with Crippen LogP contribution in [0.15, 0.2) is 133 Å². The summed E-state index contributed by atoms with van der Waals surface area (Å²) in [6.45, 7) is 0. The molecule has 0 aromatic heterocycles. The molecule has 0 bridgehead atoms. The van der Waals surface area contributed by atoms with Crippen LogP contribution in [0.1, 0.15) is 12.8 Å². The molecule has 7 aromatic rings. The fraction of sp³-hybridized carbons (Fsp3) is 0.0500. The SMILES string of the molecule is C1=c2cccc(-c3c4ccccc4c(-c4ccccc4-c4cccc5ccccc45)c4ccccc34)c2=CCC1. The highest BCUT2D eigenvalue weighted by Gasteiger charge is 2.20. The molecule has 0 nitrogen and oxygen atoms in total. The fourth-order valence-corrected chi connectivity index (χ4v) is 6.78. The van der Waals surface area contributed by atoms with Crippen LogP contribution in [0.25, 0.3) is 77.9 Å². The van der Waals surface area contributed by atoms with Crippen molar-refractivity contribution in [3.63, 3.8) is 0 Å². The molecule has 0 heteroatoms. The molecule has 0 aliphatic heterocycles. The topological polar surface area (TPSA) is 0 Å². The zero-order chi connectivity index (χ0) is 26.5. The molecule has 188 valence electrons. The Hall–Kier alpha value is -4.94. The van der Waals surface area contributed by atoms with Crippen LogP contribution in [0.3, 0.4) is 0 Å². The lowest BCUT2D eigenvalue weighted by molar-refractivity contribution is 1.12. The van der Waals surface area contributed by atoms with E-state index in [0.29, 0.717) is 0 Å². The summed E-state index contributed by atoms with van der Waals surface area (Å²) in [5.41, 5.74) is 7.78. The molecule has 1 aliphatic carbocycles. The second-order valence-corrected chi connectivity index (χ2v) is 10.7. The molecule has 0 unspecified atom stereocenters. The maximum Gasteiger partial charge on any atom is -0.00201 e. The van der Waals surface area contributed by atoms with Gasteiger partial charge in [0.05, 0.1) is 0 Å². The van der Waals surface area contributed by atoms with Crippen molar-refractivity contribution in [2.45, 2.75) is 12.8 Å². The van der Waals surface area contributed by atoms with Gasteiger partial charge < -0.3 is 0 Å². The summed E-state index contributed by atoms with van der Waals surface area (Å²) in [5.74, 6) is 0. The Morgan fingerprint density at radius 2 is 0.800 bits per heavy atom. The van der Waals surface area contributed by atoms with Crippen LogP contribution < -0.4 is 10.4 Å². The third-order valence-corrected chi connectivity index (χ3v) is 8.50. The van der Waals surface area contributed by atoms with Crippen LogP contribution in [0.2, 0.25) is 0 Å². The summed E-state index contributed by atoms with van der Waals surface area (Å²) in [5, 5.41) is 10.5. The van der Waals surface area contributed by atoms with E-state index >= 15 is 0 Å². The molecule has 0 saturated heterocycles. The molecular formula is C40H28. The second-order valence-electron chi connectivity index (χ2n) is 10.7. The van der Waals surface area contributed by atoms with E-state index in [1.165, 1.54) is 76.1 Å². The summed E-state index contributed by atoms with van der Waals surface area (Å²) in [6, 6.07) is 49.1. The van der Waals surface area contributed by atoms with Crippen LogP contribution in [-0.2, 0) is 0 Å². The maximum absolute atomic E-state index is 2.43. The standard InChI is InChI=1S/C40H28/c1-3-17-29-27(13-1)15-11-25-31(29)32-19-5-6-20-34(32)40-37-23-9-7-21-35(37)39(36-22-8-10-24-38(36)40)33-26-12-16-28-14-2-4-18-30(28)33/h1,3,5-26H,2,4H2. The van der Waals surface area contributed by atoms with Gasteiger partial charge in [0.15, 0.2) is 0 Å². The van der Waals surface area contributed by atoms with Gasteiger partial charge in [-0.05, 0) is 89.0 Å². The van der Waals surface area contributed by atoms with Crippen molar-refractivity contribution in [2.75, 3.05) is 0 Å². The van der Waals surface area contributed by atoms with Crippen molar-refractivity contribution in [2.24, 2.45) is 0 Å². The number of hydrogen-bond donors (Lipinski definition) is 0. The second kappa shape index (κ2) is 9.36. The maximum atomic E-state index is 2.43.